The van der Waals surface area contributed by atoms with Gasteiger partial charge in [-0.25, -0.2) is 18.7 Å². The third kappa shape index (κ3) is 6.98. The summed E-state index contributed by atoms with van der Waals surface area (Å²) in [5, 5.41) is 29.5. The molecule has 1 aromatic rings. The van der Waals surface area contributed by atoms with Gasteiger partial charge in [0.2, 0.25) is 6.79 Å². The van der Waals surface area contributed by atoms with Crippen LogP contribution >= 0.6 is 7.82 Å². The van der Waals surface area contributed by atoms with Crippen molar-refractivity contribution in [2.75, 3.05) is 6.79 Å². The first-order valence-corrected chi connectivity index (χ1v) is 7.48. The summed E-state index contributed by atoms with van der Waals surface area (Å²) in [6, 6.07) is 2.17. The highest BCUT2D eigenvalue weighted by molar-refractivity contribution is 7.46. The van der Waals surface area contributed by atoms with Gasteiger partial charge in [0.05, 0.1) is 0 Å². The number of carbonyl (C=O) groups excluding carboxylic acids is 1. The molecular weight excluding hydrogens is 337 g/mol. The SMILES string of the molecule is O=C(N[C@@H](Cc1ccc(O)c(O)c1)C(=O)O)OCOP(=O)(O)O. The van der Waals surface area contributed by atoms with Crippen LogP contribution in [-0.2, 0) is 25.0 Å². The first kappa shape index (κ1) is 18.7. The fourth-order valence-electron chi connectivity index (χ4n) is 1.46. The molecule has 128 valence electrons. The molecule has 0 aromatic heterocycles. The van der Waals surface area contributed by atoms with Crippen LogP contribution in [0.15, 0.2) is 18.2 Å². The highest BCUT2D eigenvalue weighted by Gasteiger charge is 2.22. The van der Waals surface area contributed by atoms with Gasteiger partial charge in [-0.1, -0.05) is 6.07 Å². The molecule has 6 N–H and O–H groups in total. The van der Waals surface area contributed by atoms with Crippen LogP contribution in [-0.4, -0.2) is 50.0 Å². The summed E-state index contributed by atoms with van der Waals surface area (Å²) in [4.78, 5) is 39.2. The molecule has 1 aromatic carbocycles. The molecule has 11 nitrogen and oxygen atoms in total. The van der Waals surface area contributed by atoms with Gasteiger partial charge in [0, 0.05) is 6.42 Å². The number of hydrogen-bond donors (Lipinski definition) is 6. The molecule has 0 heterocycles. The van der Waals surface area contributed by atoms with Crippen molar-refractivity contribution < 1.29 is 48.5 Å². The summed E-state index contributed by atoms with van der Waals surface area (Å²) in [5.41, 5.74) is 0.305. The zero-order chi connectivity index (χ0) is 17.6. The quantitative estimate of drug-likeness (QED) is 0.220. The number of phosphoric acid groups is 1. The number of carboxylic acids is 1. The van der Waals surface area contributed by atoms with Gasteiger partial charge in [-0.3, -0.25) is 0 Å². The van der Waals surface area contributed by atoms with E-state index >= 15 is 0 Å². The maximum absolute atomic E-state index is 11.3. The van der Waals surface area contributed by atoms with E-state index in [0.29, 0.717) is 5.56 Å². The molecule has 0 aliphatic rings. The van der Waals surface area contributed by atoms with E-state index in [1.165, 1.54) is 6.07 Å². The van der Waals surface area contributed by atoms with Gasteiger partial charge in [0.15, 0.2) is 11.5 Å². The predicted octanol–water partition coefficient (Wildman–Crippen LogP) is -0.114. The van der Waals surface area contributed by atoms with Crippen LogP contribution in [0.1, 0.15) is 5.56 Å². The van der Waals surface area contributed by atoms with E-state index in [1.807, 2.05) is 5.32 Å². The Balaban J connectivity index is 2.61. The summed E-state index contributed by atoms with van der Waals surface area (Å²) in [5.74, 6) is -2.25. The molecule has 0 bridgehead atoms. The van der Waals surface area contributed by atoms with Gasteiger partial charge in [0.1, 0.15) is 6.04 Å². The summed E-state index contributed by atoms with van der Waals surface area (Å²) in [7, 11) is -4.81. The standard InChI is InChI=1S/C11H14NO10P/c13-8-2-1-6(4-9(8)14)3-7(10(15)16)12-11(17)21-5-22-23(18,19)20/h1-2,4,7,13-14H,3,5H2,(H,12,17)(H,15,16)(H2,18,19,20)/t7-/m0/s1. The minimum atomic E-state index is -4.81. The number of ether oxygens (including phenoxy) is 1. The molecular formula is C11H14NO10P. The van der Waals surface area contributed by atoms with Crippen molar-refractivity contribution in [2.24, 2.45) is 0 Å². The monoisotopic (exact) mass is 351 g/mol. The molecule has 12 heteroatoms. The lowest BCUT2D eigenvalue weighted by molar-refractivity contribution is -0.139. The molecule has 0 spiro atoms. The van der Waals surface area contributed by atoms with Crippen molar-refractivity contribution in [3.05, 3.63) is 23.8 Å². The lowest BCUT2D eigenvalue weighted by Gasteiger charge is -2.15. The molecule has 0 aliphatic carbocycles. The fraction of sp³-hybridized carbons (Fsp3) is 0.273. The number of carbonyl (C=O) groups is 2. The molecule has 23 heavy (non-hydrogen) atoms. The molecule has 1 rings (SSSR count). The lowest BCUT2D eigenvalue weighted by atomic mass is 10.1. The molecule has 0 radical (unpaired) electrons. The molecule has 0 aliphatic heterocycles. The Kier molecular flexibility index (Phi) is 6.34. The van der Waals surface area contributed by atoms with Crippen LogP contribution < -0.4 is 5.32 Å². The highest BCUT2D eigenvalue weighted by atomic mass is 31.2. The van der Waals surface area contributed by atoms with E-state index < -0.39 is 38.5 Å². The van der Waals surface area contributed by atoms with Crippen LogP contribution in [0.2, 0.25) is 0 Å². The van der Waals surface area contributed by atoms with Gasteiger partial charge in [0.25, 0.3) is 0 Å². The Labute approximate surface area is 129 Å². The molecule has 1 amide bonds. The number of hydrogen-bond acceptors (Lipinski definition) is 7. The summed E-state index contributed by atoms with van der Waals surface area (Å²) >= 11 is 0. The Bertz CT molecular complexity index is 627. The zero-order valence-electron chi connectivity index (χ0n) is 11.4. The largest absolute Gasteiger partial charge is 0.504 e. The van der Waals surface area contributed by atoms with Crippen LogP contribution in [0.4, 0.5) is 4.79 Å². The number of phenols is 2. The number of benzene rings is 1. The average molecular weight is 351 g/mol. The van der Waals surface area contributed by atoms with Gasteiger partial charge >= 0.3 is 19.9 Å². The topological polar surface area (TPSA) is 183 Å². The third-order valence-corrected chi connectivity index (χ3v) is 2.92. The molecule has 1 atom stereocenters. The average Bonchev–Trinajstić information content (AvgIpc) is 2.40. The molecule has 0 saturated heterocycles. The highest BCUT2D eigenvalue weighted by Crippen LogP contribution is 2.35. The normalized spacial score (nSPS) is 12.4. The van der Waals surface area contributed by atoms with E-state index in [-0.39, 0.29) is 12.2 Å². The number of phosphoric ester groups is 1. The summed E-state index contributed by atoms with van der Waals surface area (Å²) < 4.78 is 18.5. The van der Waals surface area contributed by atoms with Crippen molar-refractivity contribution in [1.82, 2.24) is 5.32 Å². The predicted molar refractivity (Wildman–Crippen MR) is 72.5 cm³/mol. The van der Waals surface area contributed by atoms with E-state index in [4.69, 9.17) is 20.0 Å². The molecule has 0 saturated carbocycles. The number of phenolic OH excluding ortho intramolecular Hbond substituents is 2. The van der Waals surface area contributed by atoms with E-state index in [9.17, 15) is 19.3 Å². The second kappa shape index (κ2) is 7.79. The Morgan fingerprint density at radius 1 is 1.22 bits per heavy atom. The minimum Gasteiger partial charge on any atom is -0.504 e. The Morgan fingerprint density at radius 2 is 1.87 bits per heavy atom. The van der Waals surface area contributed by atoms with E-state index in [2.05, 4.69) is 9.26 Å². The number of amides is 1. The number of aliphatic carboxylic acids is 1. The lowest BCUT2D eigenvalue weighted by Crippen LogP contribution is -2.42. The van der Waals surface area contributed by atoms with Crippen molar-refractivity contribution >= 4 is 19.9 Å². The number of alkyl carbamates (subject to hydrolysis) is 1. The molecule has 0 unspecified atom stereocenters. The maximum atomic E-state index is 11.3. The van der Waals surface area contributed by atoms with Gasteiger partial charge < -0.3 is 35.2 Å². The number of nitrogens with one attached hydrogen (secondary N) is 1. The Hall–Kier alpha value is -2.33. The van der Waals surface area contributed by atoms with Crippen molar-refractivity contribution in [3.63, 3.8) is 0 Å². The van der Waals surface area contributed by atoms with Gasteiger partial charge in [-0.05, 0) is 17.7 Å². The second-order valence-electron chi connectivity index (χ2n) is 4.23. The van der Waals surface area contributed by atoms with E-state index in [1.54, 1.807) is 0 Å². The van der Waals surface area contributed by atoms with Crippen LogP contribution in [0.5, 0.6) is 11.5 Å². The van der Waals surface area contributed by atoms with Crippen LogP contribution in [0.3, 0.4) is 0 Å². The van der Waals surface area contributed by atoms with Crippen molar-refractivity contribution in [1.29, 1.82) is 0 Å². The van der Waals surface area contributed by atoms with Crippen LogP contribution in [0.25, 0.3) is 0 Å². The number of aromatic hydroxyl groups is 2. The van der Waals surface area contributed by atoms with Crippen molar-refractivity contribution in [2.45, 2.75) is 12.5 Å². The van der Waals surface area contributed by atoms with Gasteiger partial charge in [-0.15, -0.1) is 0 Å². The molecule has 0 fully saturated rings. The zero-order valence-corrected chi connectivity index (χ0v) is 12.3. The van der Waals surface area contributed by atoms with Crippen molar-refractivity contribution in [3.8, 4) is 11.5 Å². The minimum absolute atomic E-state index is 0.238. The third-order valence-electron chi connectivity index (χ3n) is 2.48. The fourth-order valence-corrected chi connectivity index (χ4v) is 1.65. The summed E-state index contributed by atoms with van der Waals surface area (Å²) in [6.07, 6.45) is -1.51. The smallest absolute Gasteiger partial charge is 0.472 e. The Morgan fingerprint density at radius 3 is 2.39 bits per heavy atom. The number of rotatable bonds is 7. The van der Waals surface area contributed by atoms with E-state index in [0.717, 1.165) is 12.1 Å². The summed E-state index contributed by atoms with van der Waals surface area (Å²) in [6.45, 7) is -1.07. The first-order valence-electron chi connectivity index (χ1n) is 5.95. The van der Waals surface area contributed by atoms with Gasteiger partial charge in [-0.2, -0.15) is 0 Å². The first-order chi connectivity index (χ1) is 10.6. The number of carboxylic acid groups (broad SMARTS) is 1. The second-order valence-corrected chi connectivity index (χ2v) is 5.47. The van der Waals surface area contributed by atoms with Crippen LogP contribution in [0, 0.1) is 0 Å². The maximum Gasteiger partial charge on any atom is 0.472 e.